The van der Waals surface area contributed by atoms with E-state index in [1.54, 1.807) is 11.1 Å². The summed E-state index contributed by atoms with van der Waals surface area (Å²) in [5, 5.41) is 2.92. The first-order valence-electron chi connectivity index (χ1n) is 4.57. The molecule has 0 aliphatic carbocycles. The van der Waals surface area contributed by atoms with Gasteiger partial charge in [-0.15, -0.1) is 0 Å². The molecule has 1 rings (SSSR count). The Morgan fingerprint density at radius 2 is 2.00 bits per heavy atom. The number of hydrogen-bond acceptors (Lipinski definition) is 2. The highest BCUT2D eigenvalue weighted by Crippen LogP contribution is 2.22. The van der Waals surface area contributed by atoms with E-state index in [0.29, 0.717) is 16.6 Å². The Morgan fingerprint density at radius 1 is 1.29 bits per heavy atom. The predicted molar refractivity (Wildman–Crippen MR) is 61.4 cm³/mol. The summed E-state index contributed by atoms with van der Waals surface area (Å²) in [5.41, 5.74) is 1.08. The molecule has 0 radical (unpaired) electrons. The molecule has 0 saturated carbocycles. The number of rotatable bonds is 4. The first-order valence-corrected chi connectivity index (χ1v) is 5.32. The van der Waals surface area contributed by atoms with Crippen molar-refractivity contribution in [2.75, 3.05) is 6.54 Å². The molecule has 1 aromatic carbocycles. The van der Waals surface area contributed by atoms with Gasteiger partial charge in [-0.05, 0) is 24.1 Å². The minimum atomic E-state index is 0.578. The van der Waals surface area contributed by atoms with Crippen LogP contribution in [0.4, 0.5) is 0 Å². The lowest BCUT2D eigenvalue weighted by atomic mass is 10.2. The van der Waals surface area contributed by atoms with E-state index >= 15 is 0 Å². The zero-order valence-electron chi connectivity index (χ0n) is 8.13. The minimum Gasteiger partial charge on any atom is -0.268 e. The second kappa shape index (κ2) is 5.56. The Bertz CT molecular complexity index is 302. The van der Waals surface area contributed by atoms with Gasteiger partial charge >= 0.3 is 0 Å². The van der Waals surface area contributed by atoms with Gasteiger partial charge in [-0.2, -0.15) is 0 Å². The van der Waals surface area contributed by atoms with Gasteiger partial charge in [0, 0.05) is 13.1 Å². The van der Waals surface area contributed by atoms with E-state index in [2.05, 4.69) is 6.92 Å². The van der Waals surface area contributed by atoms with Crippen LogP contribution in [-0.2, 0) is 6.54 Å². The van der Waals surface area contributed by atoms with Crippen molar-refractivity contribution >= 4 is 23.2 Å². The van der Waals surface area contributed by atoms with Crippen molar-refractivity contribution in [1.82, 2.24) is 5.01 Å². The number of hydrazine groups is 1. The number of nitrogens with two attached hydrogens (primary N) is 1. The summed E-state index contributed by atoms with van der Waals surface area (Å²) < 4.78 is 0. The first kappa shape index (κ1) is 11.8. The summed E-state index contributed by atoms with van der Waals surface area (Å²) in [4.78, 5) is 0. The van der Waals surface area contributed by atoms with Crippen LogP contribution in [0.25, 0.3) is 0 Å². The molecule has 0 aromatic heterocycles. The Kier molecular flexibility index (Phi) is 4.69. The van der Waals surface area contributed by atoms with E-state index in [4.69, 9.17) is 29.0 Å². The number of hydrogen-bond donors (Lipinski definition) is 1. The van der Waals surface area contributed by atoms with Crippen molar-refractivity contribution in [3.8, 4) is 0 Å². The third kappa shape index (κ3) is 3.46. The second-order valence-electron chi connectivity index (χ2n) is 3.22. The van der Waals surface area contributed by atoms with Gasteiger partial charge in [0.1, 0.15) is 0 Å². The molecule has 0 atom stereocenters. The van der Waals surface area contributed by atoms with Crippen LogP contribution in [0, 0.1) is 0 Å². The maximum atomic E-state index is 5.88. The summed E-state index contributed by atoms with van der Waals surface area (Å²) in [6, 6.07) is 5.57. The Morgan fingerprint density at radius 3 is 2.57 bits per heavy atom. The Labute approximate surface area is 94.6 Å². The molecule has 0 aliphatic rings. The summed E-state index contributed by atoms with van der Waals surface area (Å²) in [7, 11) is 0. The molecule has 78 valence electrons. The van der Waals surface area contributed by atoms with Gasteiger partial charge in [0.2, 0.25) is 0 Å². The average Bonchev–Trinajstić information content (AvgIpc) is 2.12. The molecule has 2 N–H and O–H groups in total. The molecule has 0 fully saturated rings. The Hall–Kier alpha value is -0.280. The highest BCUT2D eigenvalue weighted by Gasteiger charge is 2.02. The van der Waals surface area contributed by atoms with E-state index in [1.807, 2.05) is 12.1 Å². The Balaban J connectivity index is 2.63. The molecule has 0 bridgehead atoms. The van der Waals surface area contributed by atoms with E-state index in [0.717, 1.165) is 18.5 Å². The van der Waals surface area contributed by atoms with Gasteiger partial charge in [0.25, 0.3) is 0 Å². The molecule has 4 heteroatoms. The van der Waals surface area contributed by atoms with Crippen LogP contribution in [-0.4, -0.2) is 11.6 Å². The molecule has 0 unspecified atom stereocenters. The van der Waals surface area contributed by atoms with Crippen molar-refractivity contribution < 1.29 is 0 Å². The van der Waals surface area contributed by atoms with Gasteiger partial charge in [0.15, 0.2) is 0 Å². The van der Waals surface area contributed by atoms with E-state index in [1.165, 1.54) is 0 Å². The molecule has 2 nitrogen and oxygen atoms in total. The molecule has 0 heterocycles. The lowest BCUT2D eigenvalue weighted by Crippen LogP contribution is -2.30. The molecule has 0 spiro atoms. The largest absolute Gasteiger partial charge is 0.268 e. The van der Waals surface area contributed by atoms with Crippen molar-refractivity contribution in [2.45, 2.75) is 19.9 Å². The van der Waals surface area contributed by atoms with Gasteiger partial charge in [-0.1, -0.05) is 36.2 Å². The number of halogens is 2. The van der Waals surface area contributed by atoms with Crippen LogP contribution < -0.4 is 5.84 Å². The SMILES string of the molecule is CCCN(N)Cc1ccc(Cl)c(Cl)c1. The third-order valence-electron chi connectivity index (χ3n) is 1.88. The van der Waals surface area contributed by atoms with Gasteiger partial charge in [-0.3, -0.25) is 5.84 Å². The van der Waals surface area contributed by atoms with Crippen molar-refractivity contribution in [1.29, 1.82) is 0 Å². The summed E-state index contributed by atoms with van der Waals surface area (Å²) in [5.74, 6) is 5.76. The lowest BCUT2D eigenvalue weighted by molar-refractivity contribution is 0.275. The van der Waals surface area contributed by atoms with Crippen LogP contribution in [0.1, 0.15) is 18.9 Å². The molecule has 1 aromatic rings. The van der Waals surface area contributed by atoms with Crippen LogP contribution in [0.5, 0.6) is 0 Å². The normalized spacial score (nSPS) is 10.9. The van der Waals surface area contributed by atoms with Crippen LogP contribution >= 0.6 is 23.2 Å². The topological polar surface area (TPSA) is 29.3 Å². The lowest BCUT2D eigenvalue weighted by Gasteiger charge is -2.15. The monoisotopic (exact) mass is 232 g/mol. The fourth-order valence-electron chi connectivity index (χ4n) is 1.24. The molecule has 0 aliphatic heterocycles. The van der Waals surface area contributed by atoms with Crippen LogP contribution in [0.2, 0.25) is 10.0 Å². The molecular weight excluding hydrogens is 219 g/mol. The van der Waals surface area contributed by atoms with Crippen molar-refractivity contribution in [3.63, 3.8) is 0 Å². The molecule has 0 saturated heterocycles. The average molecular weight is 233 g/mol. The van der Waals surface area contributed by atoms with Crippen LogP contribution in [0.15, 0.2) is 18.2 Å². The number of benzene rings is 1. The molecule has 0 amide bonds. The summed E-state index contributed by atoms with van der Waals surface area (Å²) in [6.45, 7) is 3.67. The highest BCUT2D eigenvalue weighted by molar-refractivity contribution is 6.42. The van der Waals surface area contributed by atoms with E-state index in [9.17, 15) is 0 Å². The van der Waals surface area contributed by atoms with Gasteiger partial charge < -0.3 is 0 Å². The predicted octanol–water partition coefficient (Wildman–Crippen LogP) is 3.08. The smallest absolute Gasteiger partial charge is 0.0595 e. The van der Waals surface area contributed by atoms with E-state index < -0.39 is 0 Å². The summed E-state index contributed by atoms with van der Waals surface area (Å²) in [6.07, 6.45) is 1.04. The zero-order chi connectivity index (χ0) is 10.6. The summed E-state index contributed by atoms with van der Waals surface area (Å²) >= 11 is 11.7. The van der Waals surface area contributed by atoms with Crippen molar-refractivity contribution in [3.05, 3.63) is 33.8 Å². The highest BCUT2D eigenvalue weighted by atomic mass is 35.5. The third-order valence-corrected chi connectivity index (χ3v) is 2.62. The first-order chi connectivity index (χ1) is 6.63. The maximum Gasteiger partial charge on any atom is 0.0595 e. The van der Waals surface area contributed by atoms with Gasteiger partial charge in [0.05, 0.1) is 10.0 Å². The maximum absolute atomic E-state index is 5.88. The fraction of sp³-hybridized carbons (Fsp3) is 0.400. The standard InChI is InChI=1S/C10H14Cl2N2/c1-2-5-14(13)7-8-3-4-9(11)10(12)6-8/h3-4,6H,2,5,7,13H2,1H3. The second-order valence-corrected chi connectivity index (χ2v) is 4.03. The fourth-order valence-corrected chi connectivity index (χ4v) is 1.56. The minimum absolute atomic E-state index is 0.578. The van der Waals surface area contributed by atoms with Gasteiger partial charge in [-0.25, -0.2) is 5.01 Å². The zero-order valence-corrected chi connectivity index (χ0v) is 9.65. The van der Waals surface area contributed by atoms with Crippen molar-refractivity contribution in [2.24, 2.45) is 5.84 Å². The van der Waals surface area contributed by atoms with E-state index in [-0.39, 0.29) is 0 Å². The quantitative estimate of drug-likeness (QED) is 0.639. The molecular formula is C10H14Cl2N2. The number of nitrogens with zero attached hydrogens (tertiary/aromatic N) is 1. The molecule has 14 heavy (non-hydrogen) atoms. The van der Waals surface area contributed by atoms with Crippen LogP contribution in [0.3, 0.4) is 0 Å².